The average Bonchev–Trinajstić information content (AvgIpc) is 2.94. The molecule has 0 spiro atoms. The van der Waals surface area contributed by atoms with E-state index in [1.807, 2.05) is 30.3 Å². The lowest BCUT2D eigenvalue weighted by molar-refractivity contribution is -0.119. The van der Waals surface area contributed by atoms with Gasteiger partial charge < -0.3 is 15.0 Å². The van der Waals surface area contributed by atoms with Crippen molar-refractivity contribution in [3.05, 3.63) is 35.9 Å². The Bertz CT molecular complexity index is 473. The van der Waals surface area contributed by atoms with E-state index in [0.717, 1.165) is 5.56 Å². The van der Waals surface area contributed by atoms with Gasteiger partial charge in [-0.25, -0.2) is 4.79 Å². The summed E-state index contributed by atoms with van der Waals surface area (Å²) in [5.74, 6) is 0.337. The predicted molar refractivity (Wildman–Crippen MR) is 68.2 cm³/mol. The number of carbonyl (C=O) groups excluding carboxylic acids is 2. The van der Waals surface area contributed by atoms with Crippen molar-refractivity contribution in [2.45, 2.75) is 19.1 Å². The van der Waals surface area contributed by atoms with E-state index in [0.29, 0.717) is 19.5 Å². The first-order chi connectivity index (χ1) is 9.22. The smallest absolute Gasteiger partial charge is 0.410 e. The number of rotatable bonds is 2. The summed E-state index contributed by atoms with van der Waals surface area (Å²) in [5.41, 5.74) is 0.976. The van der Waals surface area contributed by atoms with E-state index in [-0.39, 0.29) is 30.6 Å². The molecule has 1 N–H and O–H groups in total. The Morgan fingerprint density at radius 2 is 2.11 bits per heavy atom. The molecule has 2 fully saturated rings. The van der Waals surface area contributed by atoms with Crippen LogP contribution in [0.2, 0.25) is 0 Å². The van der Waals surface area contributed by atoms with Crippen molar-refractivity contribution in [3.63, 3.8) is 0 Å². The number of likely N-dealkylation sites (tertiary alicyclic amines) is 1. The van der Waals surface area contributed by atoms with Gasteiger partial charge in [-0.05, 0) is 5.56 Å². The molecule has 2 aliphatic rings. The minimum Gasteiger partial charge on any atom is -0.445 e. The third-order valence-electron chi connectivity index (χ3n) is 3.70. The van der Waals surface area contributed by atoms with Crippen LogP contribution in [-0.4, -0.2) is 36.0 Å². The predicted octanol–water partition coefficient (Wildman–Crippen LogP) is 1.14. The summed E-state index contributed by atoms with van der Waals surface area (Å²) in [4.78, 5) is 24.8. The van der Waals surface area contributed by atoms with Crippen LogP contribution < -0.4 is 5.32 Å². The van der Waals surface area contributed by atoms with Crippen molar-refractivity contribution < 1.29 is 14.3 Å². The van der Waals surface area contributed by atoms with Gasteiger partial charge in [0.05, 0.1) is 6.04 Å². The minimum atomic E-state index is -0.299. The number of amides is 2. The summed E-state index contributed by atoms with van der Waals surface area (Å²) < 4.78 is 5.28. The second-order valence-corrected chi connectivity index (χ2v) is 5.08. The van der Waals surface area contributed by atoms with E-state index in [4.69, 9.17) is 4.74 Å². The second kappa shape index (κ2) is 4.91. The highest BCUT2D eigenvalue weighted by Gasteiger charge is 2.42. The molecule has 0 bridgehead atoms. The highest BCUT2D eigenvalue weighted by atomic mass is 16.6. The number of hydrogen-bond acceptors (Lipinski definition) is 3. The number of fused-ring (bicyclic) bond motifs is 1. The van der Waals surface area contributed by atoms with Crippen molar-refractivity contribution in [2.24, 2.45) is 5.92 Å². The third kappa shape index (κ3) is 2.54. The molecular weight excluding hydrogens is 244 g/mol. The molecule has 5 heteroatoms. The topological polar surface area (TPSA) is 58.6 Å². The summed E-state index contributed by atoms with van der Waals surface area (Å²) in [5, 5.41) is 2.89. The molecule has 0 unspecified atom stereocenters. The Morgan fingerprint density at radius 1 is 1.32 bits per heavy atom. The lowest BCUT2D eigenvalue weighted by Crippen LogP contribution is -2.35. The van der Waals surface area contributed by atoms with Crippen LogP contribution in [0.4, 0.5) is 4.79 Å². The zero-order valence-corrected chi connectivity index (χ0v) is 10.5. The van der Waals surface area contributed by atoms with Crippen LogP contribution in [0.15, 0.2) is 30.3 Å². The van der Waals surface area contributed by atoms with Crippen LogP contribution in [0.5, 0.6) is 0 Å². The van der Waals surface area contributed by atoms with Gasteiger partial charge in [0.2, 0.25) is 5.91 Å². The molecule has 19 heavy (non-hydrogen) atoms. The van der Waals surface area contributed by atoms with E-state index >= 15 is 0 Å². The van der Waals surface area contributed by atoms with Crippen molar-refractivity contribution >= 4 is 12.0 Å². The van der Waals surface area contributed by atoms with Gasteiger partial charge in [0.25, 0.3) is 0 Å². The van der Waals surface area contributed by atoms with Crippen LogP contribution >= 0.6 is 0 Å². The molecule has 1 aromatic rings. The molecule has 2 heterocycles. The van der Waals surface area contributed by atoms with Crippen LogP contribution in [-0.2, 0) is 16.1 Å². The maximum atomic E-state index is 11.9. The molecule has 2 amide bonds. The van der Waals surface area contributed by atoms with E-state index in [1.165, 1.54) is 0 Å². The number of hydrogen-bond donors (Lipinski definition) is 1. The van der Waals surface area contributed by atoms with Gasteiger partial charge in [0.15, 0.2) is 0 Å². The minimum absolute atomic E-state index is 0.0901. The molecule has 2 atom stereocenters. The molecule has 0 radical (unpaired) electrons. The summed E-state index contributed by atoms with van der Waals surface area (Å²) in [6.07, 6.45) is 0.222. The summed E-state index contributed by atoms with van der Waals surface area (Å²) in [6, 6.07) is 9.71. The summed E-state index contributed by atoms with van der Waals surface area (Å²) >= 11 is 0. The van der Waals surface area contributed by atoms with Crippen LogP contribution in [0.1, 0.15) is 12.0 Å². The maximum Gasteiger partial charge on any atom is 0.410 e. The van der Waals surface area contributed by atoms with Crippen molar-refractivity contribution in [1.82, 2.24) is 10.2 Å². The number of carbonyl (C=O) groups is 2. The zero-order valence-electron chi connectivity index (χ0n) is 10.5. The number of nitrogens with one attached hydrogen (secondary N) is 1. The third-order valence-corrected chi connectivity index (χ3v) is 3.70. The lowest BCUT2D eigenvalue weighted by Gasteiger charge is -2.17. The molecular formula is C14H16N2O3. The van der Waals surface area contributed by atoms with Gasteiger partial charge in [-0.2, -0.15) is 0 Å². The first-order valence-electron chi connectivity index (χ1n) is 6.47. The van der Waals surface area contributed by atoms with Crippen molar-refractivity contribution in [1.29, 1.82) is 0 Å². The molecule has 3 rings (SSSR count). The fourth-order valence-electron chi connectivity index (χ4n) is 2.71. The maximum absolute atomic E-state index is 11.9. The Balaban J connectivity index is 1.51. The Labute approximate surface area is 111 Å². The first-order valence-corrected chi connectivity index (χ1v) is 6.47. The Kier molecular flexibility index (Phi) is 3.11. The number of nitrogens with zero attached hydrogens (tertiary/aromatic N) is 1. The van der Waals surface area contributed by atoms with Gasteiger partial charge >= 0.3 is 6.09 Å². The molecule has 1 aromatic carbocycles. The fraction of sp³-hybridized carbons (Fsp3) is 0.429. The summed E-state index contributed by atoms with van der Waals surface area (Å²) in [7, 11) is 0. The largest absolute Gasteiger partial charge is 0.445 e. The Hall–Kier alpha value is -2.04. The summed E-state index contributed by atoms with van der Waals surface area (Å²) in [6.45, 7) is 1.46. The van der Waals surface area contributed by atoms with Crippen LogP contribution in [0.25, 0.3) is 0 Å². The van der Waals surface area contributed by atoms with E-state index < -0.39 is 0 Å². The fourth-order valence-corrected chi connectivity index (χ4v) is 2.71. The van der Waals surface area contributed by atoms with Gasteiger partial charge in [-0.15, -0.1) is 0 Å². The highest BCUT2D eigenvalue weighted by molar-refractivity contribution is 5.80. The van der Waals surface area contributed by atoms with Crippen molar-refractivity contribution in [2.75, 3.05) is 13.1 Å². The normalized spacial score (nSPS) is 25.1. The molecule has 100 valence electrons. The lowest BCUT2D eigenvalue weighted by atomic mass is 10.1. The van der Waals surface area contributed by atoms with Gasteiger partial charge in [-0.3, -0.25) is 4.79 Å². The number of benzene rings is 1. The number of ether oxygens (including phenoxy) is 1. The van der Waals surface area contributed by atoms with E-state index in [2.05, 4.69) is 5.32 Å². The standard InChI is InChI=1S/C14H16N2O3/c17-13-6-11-7-16(8-12(11)15-13)14(18)19-9-10-4-2-1-3-5-10/h1-5,11-12H,6-9H2,(H,15,17)/t11-,12+/m0/s1. The molecule has 0 aromatic heterocycles. The average molecular weight is 260 g/mol. The van der Waals surface area contributed by atoms with Crippen LogP contribution in [0.3, 0.4) is 0 Å². The molecule has 2 saturated heterocycles. The highest BCUT2D eigenvalue weighted by Crippen LogP contribution is 2.25. The van der Waals surface area contributed by atoms with Gasteiger partial charge in [-0.1, -0.05) is 30.3 Å². The monoisotopic (exact) mass is 260 g/mol. The quantitative estimate of drug-likeness (QED) is 0.867. The molecule has 5 nitrogen and oxygen atoms in total. The zero-order chi connectivity index (χ0) is 13.2. The Morgan fingerprint density at radius 3 is 2.84 bits per heavy atom. The second-order valence-electron chi connectivity index (χ2n) is 5.08. The van der Waals surface area contributed by atoms with Crippen LogP contribution in [0, 0.1) is 5.92 Å². The van der Waals surface area contributed by atoms with Gasteiger partial charge in [0.1, 0.15) is 6.61 Å². The first kappa shape index (κ1) is 12.0. The van der Waals surface area contributed by atoms with E-state index in [9.17, 15) is 9.59 Å². The van der Waals surface area contributed by atoms with Gasteiger partial charge in [0, 0.05) is 25.4 Å². The molecule has 0 aliphatic carbocycles. The SMILES string of the molecule is O=C1C[C@H]2CN(C(=O)OCc3ccccc3)C[C@H]2N1. The van der Waals surface area contributed by atoms with E-state index in [1.54, 1.807) is 4.90 Å². The molecule has 2 aliphatic heterocycles. The van der Waals surface area contributed by atoms with Crippen molar-refractivity contribution in [3.8, 4) is 0 Å². The molecule has 0 saturated carbocycles.